The van der Waals surface area contributed by atoms with E-state index in [1.54, 1.807) is 32.2 Å². The standard InChI is InChI=1S/C27H30ClF3N2/c1-4-21(5-2)27(30,31)23-15-20(11-13-24(23)29)17-33-26(3,16-19-9-7-6-8-10-19)25-14-12-22(28)18-32-25/h6-15,18,21,33H,4-5,16-17H2,1-3H3/t26-/m1/s1. The van der Waals surface area contributed by atoms with Gasteiger partial charge in [-0.2, -0.15) is 0 Å². The molecule has 0 unspecified atom stereocenters. The number of rotatable bonds is 10. The van der Waals surface area contributed by atoms with Gasteiger partial charge in [0.2, 0.25) is 0 Å². The lowest BCUT2D eigenvalue weighted by atomic mass is 9.87. The topological polar surface area (TPSA) is 24.9 Å². The van der Waals surface area contributed by atoms with E-state index >= 15 is 8.78 Å². The molecular weight excluding hydrogens is 445 g/mol. The van der Waals surface area contributed by atoms with Crippen molar-refractivity contribution in [3.8, 4) is 0 Å². The van der Waals surface area contributed by atoms with Gasteiger partial charge in [-0.25, -0.2) is 13.2 Å². The maximum absolute atomic E-state index is 15.0. The van der Waals surface area contributed by atoms with Crippen molar-refractivity contribution in [2.75, 3.05) is 0 Å². The Hall–Kier alpha value is -2.37. The van der Waals surface area contributed by atoms with Gasteiger partial charge in [-0.3, -0.25) is 4.98 Å². The number of alkyl halides is 2. The fraction of sp³-hybridized carbons (Fsp3) is 0.370. The van der Waals surface area contributed by atoms with Crippen molar-refractivity contribution in [3.05, 3.63) is 100 Å². The molecule has 0 saturated carbocycles. The summed E-state index contributed by atoms with van der Waals surface area (Å²) < 4.78 is 44.5. The highest BCUT2D eigenvalue weighted by molar-refractivity contribution is 6.30. The van der Waals surface area contributed by atoms with Crippen LogP contribution in [-0.4, -0.2) is 4.98 Å². The van der Waals surface area contributed by atoms with Crippen LogP contribution in [0, 0.1) is 11.7 Å². The number of hydrogen-bond donors (Lipinski definition) is 1. The Morgan fingerprint density at radius 1 is 0.970 bits per heavy atom. The highest BCUT2D eigenvalue weighted by Crippen LogP contribution is 2.41. The molecule has 1 atom stereocenters. The second kappa shape index (κ2) is 10.7. The SMILES string of the molecule is CCC(CC)C(F)(F)c1cc(CN[C@](C)(Cc2ccccc2)c2ccc(Cl)cn2)ccc1F. The number of nitrogens with one attached hydrogen (secondary N) is 1. The van der Waals surface area contributed by atoms with Crippen LogP contribution in [-0.2, 0) is 24.4 Å². The molecule has 176 valence electrons. The molecule has 6 heteroatoms. The van der Waals surface area contributed by atoms with Gasteiger partial charge >= 0.3 is 0 Å². The molecule has 3 rings (SSSR count). The summed E-state index contributed by atoms with van der Waals surface area (Å²) >= 11 is 6.03. The van der Waals surface area contributed by atoms with Gasteiger partial charge in [-0.1, -0.05) is 61.8 Å². The van der Waals surface area contributed by atoms with Crippen LogP contribution in [0.4, 0.5) is 13.2 Å². The Labute approximate surface area is 199 Å². The predicted molar refractivity (Wildman–Crippen MR) is 128 cm³/mol. The molecule has 2 nitrogen and oxygen atoms in total. The number of halogens is 4. The number of pyridine rings is 1. The van der Waals surface area contributed by atoms with Crippen LogP contribution in [0.2, 0.25) is 5.02 Å². The summed E-state index contributed by atoms with van der Waals surface area (Å²) in [6, 6.07) is 17.6. The molecule has 0 fully saturated rings. The maximum atomic E-state index is 15.0. The van der Waals surface area contributed by atoms with Gasteiger partial charge in [0.25, 0.3) is 5.92 Å². The molecule has 3 aromatic rings. The third kappa shape index (κ3) is 5.96. The molecule has 0 spiro atoms. The van der Waals surface area contributed by atoms with Crippen LogP contribution in [0.5, 0.6) is 0 Å². The first-order valence-electron chi connectivity index (χ1n) is 11.3. The highest BCUT2D eigenvalue weighted by atomic mass is 35.5. The quantitative estimate of drug-likeness (QED) is 0.326. The highest BCUT2D eigenvalue weighted by Gasteiger charge is 2.41. The first kappa shape index (κ1) is 25.3. The minimum Gasteiger partial charge on any atom is -0.302 e. The zero-order valence-corrected chi connectivity index (χ0v) is 20.0. The summed E-state index contributed by atoms with van der Waals surface area (Å²) in [6.45, 7) is 5.71. The summed E-state index contributed by atoms with van der Waals surface area (Å²) in [5.41, 5.74) is 1.33. The summed E-state index contributed by atoms with van der Waals surface area (Å²) in [6.07, 6.45) is 2.78. The van der Waals surface area contributed by atoms with Crippen LogP contribution in [0.25, 0.3) is 0 Å². The van der Waals surface area contributed by atoms with Crippen molar-refractivity contribution in [1.82, 2.24) is 10.3 Å². The first-order chi connectivity index (χ1) is 15.7. The van der Waals surface area contributed by atoms with E-state index in [1.807, 2.05) is 43.3 Å². The van der Waals surface area contributed by atoms with Gasteiger partial charge in [0, 0.05) is 18.7 Å². The van der Waals surface area contributed by atoms with Crippen LogP contribution in [0.15, 0.2) is 66.9 Å². The monoisotopic (exact) mass is 474 g/mol. The van der Waals surface area contributed by atoms with Gasteiger partial charge in [0.05, 0.1) is 21.8 Å². The smallest absolute Gasteiger partial charge is 0.278 e. The van der Waals surface area contributed by atoms with Crippen LogP contribution in [0.3, 0.4) is 0 Å². The summed E-state index contributed by atoms with van der Waals surface area (Å²) in [5, 5.41) is 4.01. The van der Waals surface area contributed by atoms with Crippen molar-refractivity contribution in [1.29, 1.82) is 0 Å². The minimum absolute atomic E-state index is 0.278. The Morgan fingerprint density at radius 3 is 2.27 bits per heavy atom. The Balaban J connectivity index is 1.90. The third-order valence-corrected chi connectivity index (χ3v) is 6.49. The molecular formula is C27H30ClF3N2. The van der Waals surface area contributed by atoms with Crippen LogP contribution >= 0.6 is 11.6 Å². The van der Waals surface area contributed by atoms with E-state index in [0.29, 0.717) is 17.0 Å². The summed E-state index contributed by atoms with van der Waals surface area (Å²) in [5.74, 6) is -5.01. The Bertz CT molecular complexity index is 1040. The second-order valence-corrected chi connectivity index (χ2v) is 9.10. The van der Waals surface area contributed by atoms with E-state index < -0.39 is 28.8 Å². The van der Waals surface area contributed by atoms with E-state index in [1.165, 1.54) is 6.07 Å². The van der Waals surface area contributed by atoms with E-state index in [2.05, 4.69) is 10.3 Å². The zero-order valence-electron chi connectivity index (χ0n) is 19.2. The van der Waals surface area contributed by atoms with Crippen molar-refractivity contribution in [2.45, 2.75) is 58.0 Å². The number of hydrogen-bond acceptors (Lipinski definition) is 2. The molecule has 1 N–H and O–H groups in total. The second-order valence-electron chi connectivity index (χ2n) is 8.66. The number of aromatic nitrogens is 1. The normalized spacial score (nSPS) is 13.8. The van der Waals surface area contributed by atoms with E-state index in [-0.39, 0.29) is 19.4 Å². The van der Waals surface area contributed by atoms with Gasteiger partial charge in [0.15, 0.2) is 0 Å². The first-order valence-corrected chi connectivity index (χ1v) is 11.6. The number of nitrogens with zero attached hydrogens (tertiary/aromatic N) is 1. The Kier molecular flexibility index (Phi) is 8.19. The van der Waals surface area contributed by atoms with Crippen LogP contribution in [0.1, 0.15) is 56.0 Å². The molecule has 0 aliphatic heterocycles. The molecule has 2 aromatic carbocycles. The Morgan fingerprint density at radius 2 is 1.67 bits per heavy atom. The fourth-order valence-corrected chi connectivity index (χ4v) is 4.32. The molecule has 0 aliphatic carbocycles. The van der Waals surface area contributed by atoms with Crippen molar-refractivity contribution in [2.24, 2.45) is 5.92 Å². The zero-order chi connectivity index (χ0) is 24.1. The van der Waals surface area contributed by atoms with Crippen molar-refractivity contribution in [3.63, 3.8) is 0 Å². The van der Waals surface area contributed by atoms with Crippen molar-refractivity contribution < 1.29 is 13.2 Å². The van der Waals surface area contributed by atoms with Crippen molar-refractivity contribution >= 4 is 11.6 Å². The lowest BCUT2D eigenvalue weighted by molar-refractivity contribution is -0.0708. The van der Waals surface area contributed by atoms with Gasteiger partial charge in [0.1, 0.15) is 5.82 Å². The van der Waals surface area contributed by atoms with Crippen LogP contribution < -0.4 is 5.32 Å². The molecule has 1 aromatic heterocycles. The maximum Gasteiger partial charge on any atom is 0.278 e. The summed E-state index contributed by atoms with van der Waals surface area (Å²) in [4.78, 5) is 4.50. The molecule has 0 amide bonds. The lowest BCUT2D eigenvalue weighted by Crippen LogP contribution is -2.42. The molecule has 0 aliphatic rings. The average molecular weight is 475 g/mol. The molecule has 0 bridgehead atoms. The molecule has 0 radical (unpaired) electrons. The van der Waals surface area contributed by atoms with E-state index in [9.17, 15) is 4.39 Å². The number of benzene rings is 2. The average Bonchev–Trinajstić information content (AvgIpc) is 2.80. The van der Waals surface area contributed by atoms with Gasteiger partial charge in [-0.05, 0) is 61.6 Å². The van der Waals surface area contributed by atoms with E-state index in [4.69, 9.17) is 11.6 Å². The molecule has 0 saturated heterocycles. The minimum atomic E-state index is -3.23. The molecule has 1 heterocycles. The van der Waals surface area contributed by atoms with Gasteiger partial charge < -0.3 is 5.32 Å². The lowest BCUT2D eigenvalue weighted by Gasteiger charge is -2.31. The largest absolute Gasteiger partial charge is 0.302 e. The molecule has 33 heavy (non-hydrogen) atoms. The van der Waals surface area contributed by atoms with Gasteiger partial charge in [-0.15, -0.1) is 0 Å². The predicted octanol–water partition coefficient (Wildman–Crippen LogP) is 7.65. The van der Waals surface area contributed by atoms with E-state index in [0.717, 1.165) is 17.3 Å². The third-order valence-electron chi connectivity index (χ3n) is 6.26. The fourth-order valence-electron chi connectivity index (χ4n) is 4.21. The summed E-state index contributed by atoms with van der Waals surface area (Å²) in [7, 11) is 0.